The standard InChI is InChI=1S/C15H22N2O2/c1-3-13(18)11-6-4-5-7-12(11)17-14-8-9-16-10-15(14,2)19/h4-7,14,16-17,19H,3,8-10H2,1-2H3. The van der Waals surface area contributed by atoms with Gasteiger partial charge in [0.05, 0.1) is 11.6 Å². The number of benzene rings is 1. The normalized spacial score (nSPS) is 27.0. The molecule has 4 heteroatoms. The van der Waals surface area contributed by atoms with E-state index in [9.17, 15) is 9.90 Å². The van der Waals surface area contributed by atoms with E-state index in [2.05, 4.69) is 10.6 Å². The number of aliphatic hydroxyl groups is 1. The van der Waals surface area contributed by atoms with Crippen LogP contribution in [0.5, 0.6) is 0 Å². The summed E-state index contributed by atoms with van der Waals surface area (Å²) in [7, 11) is 0. The molecule has 2 unspecified atom stereocenters. The Morgan fingerprint density at radius 3 is 2.95 bits per heavy atom. The molecule has 1 aliphatic rings. The van der Waals surface area contributed by atoms with E-state index < -0.39 is 5.60 Å². The highest BCUT2D eigenvalue weighted by Gasteiger charge is 2.34. The molecule has 1 aliphatic heterocycles. The second-order valence-electron chi connectivity index (χ2n) is 5.34. The lowest BCUT2D eigenvalue weighted by molar-refractivity contribution is 0.0230. The first-order valence-corrected chi connectivity index (χ1v) is 6.86. The summed E-state index contributed by atoms with van der Waals surface area (Å²) < 4.78 is 0. The maximum absolute atomic E-state index is 11.9. The molecule has 1 aromatic rings. The third-order valence-corrected chi connectivity index (χ3v) is 3.72. The van der Waals surface area contributed by atoms with Crippen molar-refractivity contribution in [3.63, 3.8) is 0 Å². The molecule has 104 valence electrons. The van der Waals surface area contributed by atoms with Gasteiger partial charge in [0.1, 0.15) is 0 Å². The summed E-state index contributed by atoms with van der Waals surface area (Å²) in [6.45, 7) is 5.12. The van der Waals surface area contributed by atoms with Gasteiger partial charge >= 0.3 is 0 Å². The van der Waals surface area contributed by atoms with E-state index in [0.717, 1.165) is 18.7 Å². The number of piperidine rings is 1. The number of hydrogen-bond donors (Lipinski definition) is 3. The molecular weight excluding hydrogens is 240 g/mol. The Morgan fingerprint density at radius 2 is 2.26 bits per heavy atom. The SMILES string of the molecule is CCC(=O)c1ccccc1NC1CCNCC1(C)O. The molecule has 0 radical (unpaired) electrons. The number of hydrogen-bond acceptors (Lipinski definition) is 4. The van der Waals surface area contributed by atoms with Gasteiger partial charge in [-0.05, 0) is 32.0 Å². The first-order chi connectivity index (χ1) is 9.04. The topological polar surface area (TPSA) is 61.4 Å². The van der Waals surface area contributed by atoms with Crippen LogP contribution in [0.1, 0.15) is 37.0 Å². The van der Waals surface area contributed by atoms with Gasteiger partial charge in [-0.25, -0.2) is 0 Å². The average Bonchev–Trinajstić information content (AvgIpc) is 2.41. The van der Waals surface area contributed by atoms with Crippen molar-refractivity contribution in [2.24, 2.45) is 0 Å². The molecule has 2 atom stereocenters. The quantitative estimate of drug-likeness (QED) is 0.724. The minimum absolute atomic E-state index is 0.0421. The van der Waals surface area contributed by atoms with Crippen LogP contribution in [0, 0.1) is 0 Å². The van der Waals surface area contributed by atoms with Crippen LogP contribution in [-0.4, -0.2) is 35.6 Å². The van der Waals surface area contributed by atoms with Crippen LogP contribution in [0.3, 0.4) is 0 Å². The maximum Gasteiger partial charge on any atom is 0.164 e. The summed E-state index contributed by atoms with van der Waals surface area (Å²) in [6.07, 6.45) is 1.32. The molecule has 1 aromatic carbocycles. The summed E-state index contributed by atoms with van der Waals surface area (Å²) in [4.78, 5) is 11.9. The van der Waals surface area contributed by atoms with Crippen molar-refractivity contribution in [3.05, 3.63) is 29.8 Å². The number of rotatable bonds is 4. The van der Waals surface area contributed by atoms with Crippen LogP contribution < -0.4 is 10.6 Å². The van der Waals surface area contributed by atoms with Gasteiger partial charge in [-0.2, -0.15) is 0 Å². The number of nitrogens with one attached hydrogen (secondary N) is 2. The van der Waals surface area contributed by atoms with E-state index >= 15 is 0 Å². The highest BCUT2D eigenvalue weighted by Crippen LogP contribution is 2.24. The van der Waals surface area contributed by atoms with E-state index in [1.54, 1.807) is 0 Å². The molecule has 0 bridgehead atoms. The van der Waals surface area contributed by atoms with Crippen molar-refractivity contribution in [3.8, 4) is 0 Å². The molecule has 19 heavy (non-hydrogen) atoms. The number of ketones is 1. The second-order valence-corrected chi connectivity index (χ2v) is 5.34. The van der Waals surface area contributed by atoms with Crippen molar-refractivity contribution >= 4 is 11.5 Å². The highest BCUT2D eigenvalue weighted by molar-refractivity contribution is 6.01. The Bertz CT molecular complexity index is 457. The molecule has 0 aliphatic carbocycles. The summed E-state index contributed by atoms with van der Waals surface area (Å²) in [5.41, 5.74) is 0.724. The van der Waals surface area contributed by atoms with Crippen molar-refractivity contribution < 1.29 is 9.90 Å². The van der Waals surface area contributed by atoms with Crippen LogP contribution in [0.25, 0.3) is 0 Å². The lowest BCUT2D eigenvalue weighted by Gasteiger charge is -2.38. The molecule has 3 N–H and O–H groups in total. The van der Waals surface area contributed by atoms with Crippen LogP contribution in [0.4, 0.5) is 5.69 Å². The minimum Gasteiger partial charge on any atom is -0.387 e. The van der Waals surface area contributed by atoms with Crippen molar-refractivity contribution in [1.29, 1.82) is 0 Å². The minimum atomic E-state index is -0.805. The van der Waals surface area contributed by atoms with Gasteiger partial charge < -0.3 is 15.7 Å². The Balaban J connectivity index is 2.21. The van der Waals surface area contributed by atoms with E-state index in [1.165, 1.54) is 0 Å². The van der Waals surface area contributed by atoms with E-state index in [4.69, 9.17) is 0 Å². The monoisotopic (exact) mass is 262 g/mol. The van der Waals surface area contributed by atoms with Crippen molar-refractivity contribution in [2.75, 3.05) is 18.4 Å². The van der Waals surface area contributed by atoms with Crippen LogP contribution in [0.2, 0.25) is 0 Å². The number of para-hydroxylation sites is 1. The number of carbonyl (C=O) groups excluding carboxylic acids is 1. The van der Waals surface area contributed by atoms with E-state index in [0.29, 0.717) is 18.5 Å². The summed E-state index contributed by atoms with van der Waals surface area (Å²) in [5.74, 6) is 0.122. The molecule has 0 saturated carbocycles. The Hall–Kier alpha value is -1.39. The zero-order valence-electron chi connectivity index (χ0n) is 11.6. The third kappa shape index (κ3) is 3.14. The number of Topliss-reactive ketones (excluding diaryl/α,β-unsaturated/α-hetero) is 1. The van der Waals surface area contributed by atoms with Crippen LogP contribution in [-0.2, 0) is 0 Å². The predicted molar refractivity (Wildman–Crippen MR) is 76.6 cm³/mol. The van der Waals surface area contributed by atoms with Gasteiger partial charge in [0, 0.05) is 24.2 Å². The maximum atomic E-state index is 11.9. The largest absolute Gasteiger partial charge is 0.387 e. The highest BCUT2D eigenvalue weighted by atomic mass is 16.3. The molecule has 0 aromatic heterocycles. The third-order valence-electron chi connectivity index (χ3n) is 3.72. The molecule has 4 nitrogen and oxygen atoms in total. The lowest BCUT2D eigenvalue weighted by Crippen LogP contribution is -2.56. The van der Waals surface area contributed by atoms with Gasteiger partial charge in [0.25, 0.3) is 0 Å². The molecule has 1 saturated heterocycles. The first-order valence-electron chi connectivity index (χ1n) is 6.86. The summed E-state index contributed by atoms with van der Waals surface area (Å²) in [5, 5.41) is 16.9. The molecule has 2 rings (SSSR count). The summed E-state index contributed by atoms with van der Waals surface area (Å²) in [6, 6.07) is 7.48. The molecule has 1 heterocycles. The molecular formula is C15H22N2O2. The Labute approximate surface area is 114 Å². The second kappa shape index (κ2) is 5.72. The zero-order chi connectivity index (χ0) is 13.9. The fourth-order valence-electron chi connectivity index (χ4n) is 2.48. The lowest BCUT2D eigenvalue weighted by atomic mass is 9.89. The number of anilines is 1. The van der Waals surface area contributed by atoms with Gasteiger partial charge in [-0.1, -0.05) is 19.1 Å². The molecule has 1 fully saturated rings. The number of β-amino-alcohol motifs (C(OH)–C–C–N with tert-alkyl or cyclic N) is 1. The van der Waals surface area contributed by atoms with Gasteiger partial charge in [-0.15, -0.1) is 0 Å². The predicted octanol–water partition coefficient (Wildman–Crippen LogP) is 1.80. The number of carbonyl (C=O) groups is 1. The zero-order valence-corrected chi connectivity index (χ0v) is 11.6. The van der Waals surface area contributed by atoms with Gasteiger partial charge in [-0.3, -0.25) is 4.79 Å². The van der Waals surface area contributed by atoms with E-state index in [-0.39, 0.29) is 11.8 Å². The van der Waals surface area contributed by atoms with Crippen molar-refractivity contribution in [2.45, 2.75) is 38.3 Å². The van der Waals surface area contributed by atoms with Crippen molar-refractivity contribution in [1.82, 2.24) is 5.32 Å². The van der Waals surface area contributed by atoms with Gasteiger partial charge in [0.15, 0.2) is 5.78 Å². The molecule has 0 amide bonds. The average molecular weight is 262 g/mol. The van der Waals surface area contributed by atoms with Crippen LogP contribution >= 0.6 is 0 Å². The van der Waals surface area contributed by atoms with Crippen LogP contribution in [0.15, 0.2) is 24.3 Å². The van der Waals surface area contributed by atoms with E-state index in [1.807, 2.05) is 38.1 Å². The smallest absolute Gasteiger partial charge is 0.164 e. The fourth-order valence-corrected chi connectivity index (χ4v) is 2.48. The fraction of sp³-hybridized carbons (Fsp3) is 0.533. The Kier molecular flexibility index (Phi) is 4.22. The van der Waals surface area contributed by atoms with Gasteiger partial charge in [0.2, 0.25) is 0 Å². The first kappa shape index (κ1) is 14.0. The Morgan fingerprint density at radius 1 is 1.53 bits per heavy atom. The summed E-state index contributed by atoms with van der Waals surface area (Å²) >= 11 is 0. The molecule has 0 spiro atoms.